The van der Waals surface area contributed by atoms with Crippen LogP contribution in [0.5, 0.6) is 0 Å². The summed E-state index contributed by atoms with van der Waals surface area (Å²) in [5.74, 6) is 0. The van der Waals surface area contributed by atoms with E-state index in [1.807, 2.05) is 19.0 Å². The van der Waals surface area contributed by atoms with E-state index in [2.05, 4.69) is 70.8 Å². The molecule has 3 rings (SSSR count). The van der Waals surface area contributed by atoms with Gasteiger partial charge in [-0.05, 0) is 30.2 Å². The normalized spacial score (nSPS) is 15.8. The molecule has 0 spiro atoms. The van der Waals surface area contributed by atoms with Gasteiger partial charge in [-0.2, -0.15) is 0 Å². The summed E-state index contributed by atoms with van der Waals surface area (Å²) in [5, 5.41) is 10.8. The number of hydrogen-bond donors (Lipinski definition) is 0. The molecule has 0 aliphatic carbocycles. The first kappa shape index (κ1) is 16.7. The van der Waals surface area contributed by atoms with E-state index in [0.717, 1.165) is 38.4 Å². The Kier molecular flexibility index (Phi) is 5.65. The highest BCUT2D eigenvalue weighted by molar-refractivity contribution is 6.51. The second kappa shape index (κ2) is 8.11. The Morgan fingerprint density at radius 3 is 2.33 bits per heavy atom. The van der Waals surface area contributed by atoms with Crippen LogP contribution in [0.3, 0.4) is 0 Å². The first-order chi connectivity index (χ1) is 11.7. The molecular weight excluding hydrogens is 295 g/mol. The van der Waals surface area contributed by atoms with Gasteiger partial charge in [0.2, 0.25) is 0 Å². The molecule has 4 nitrogen and oxygen atoms in total. The Labute approximate surface area is 145 Å². The zero-order valence-electron chi connectivity index (χ0n) is 14.5. The lowest BCUT2D eigenvalue weighted by Crippen LogP contribution is -2.43. The zero-order valence-corrected chi connectivity index (χ0v) is 14.5. The lowest BCUT2D eigenvalue weighted by Gasteiger charge is -2.32. The highest BCUT2D eigenvalue weighted by atomic mass is 15.6. The number of nitrogens with zero attached hydrogens (tertiary/aromatic N) is 4. The molecule has 0 unspecified atom stereocenters. The molecule has 1 saturated heterocycles. The molecule has 123 valence electrons. The predicted octanol–water partition coefficient (Wildman–Crippen LogP) is 3.19. The van der Waals surface area contributed by atoms with E-state index < -0.39 is 0 Å². The van der Waals surface area contributed by atoms with Crippen LogP contribution in [-0.4, -0.2) is 43.4 Å². The number of hydrogen-bond acceptors (Lipinski definition) is 3. The van der Waals surface area contributed by atoms with Gasteiger partial charge in [-0.15, -0.1) is 5.11 Å². The van der Waals surface area contributed by atoms with Gasteiger partial charge in [0.1, 0.15) is 7.28 Å². The van der Waals surface area contributed by atoms with Crippen molar-refractivity contribution in [3.63, 3.8) is 0 Å². The minimum absolute atomic E-state index is 0.905. The van der Waals surface area contributed by atoms with Crippen molar-refractivity contribution in [1.29, 1.82) is 0 Å². The fraction of sp³-hybridized carbons (Fsp3) is 0.368. The Hall–Kier alpha value is -2.14. The van der Waals surface area contributed by atoms with Crippen molar-refractivity contribution in [2.24, 2.45) is 10.3 Å². The molecule has 1 aliphatic heterocycles. The minimum Gasteiger partial charge on any atom is -0.295 e. The first-order valence-corrected chi connectivity index (χ1v) is 8.57. The van der Waals surface area contributed by atoms with Crippen LogP contribution in [0.15, 0.2) is 58.9 Å². The summed E-state index contributed by atoms with van der Waals surface area (Å²) in [4.78, 5) is 2.49. The Morgan fingerprint density at radius 1 is 0.958 bits per heavy atom. The monoisotopic (exact) mass is 319 g/mol. The van der Waals surface area contributed by atoms with Gasteiger partial charge in [-0.25, -0.2) is 0 Å². The maximum Gasteiger partial charge on any atom is 0.148 e. The summed E-state index contributed by atoms with van der Waals surface area (Å²) in [6, 6.07) is 16.8. The first-order valence-electron chi connectivity index (χ1n) is 8.57. The number of aryl methyl sites for hydroxylation is 1. The maximum atomic E-state index is 4.39. The van der Waals surface area contributed by atoms with E-state index in [-0.39, 0.29) is 0 Å². The van der Waals surface area contributed by atoms with Crippen molar-refractivity contribution in [3.8, 4) is 0 Å². The van der Waals surface area contributed by atoms with Crippen LogP contribution in [0.1, 0.15) is 11.1 Å². The van der Waals surface area contributed by atoms with Gasteiger partial charge in [0.05, 0.1) is 18.8 Å². The standard InChI is InChI=1S/C19H24BN4/c1-16-5-3-4-6-17(16)15-23-11-13-24(14-12-23)22-21-19-9-7-18(20-2)8-10-19/h3-10H,11-15H2,1-2H3. The van der Waals surface area contributed by atoms with E-state index in [4.69, 9.17) is 0 Å². The number of benzene rings is 2. The molecule has 1 fully saturated rings. The van der Waals surface area contributed by atoms with Gasteiger partial charge in [-0.3, -0.25) is 9.91 Å². The number of piperazine rings is 1. The van der Waals surface area contributed by atoms with Gasteiger partial charge in [0.15, 0.2) is 0 Å². The van der Waals surface area contributed by atoms with Gasteiger partial charge in [-0.1, -0.05) is 53.9 Å². The third-order valence-corrected chi connectivity index (χ3v) is 4.52. The van der Waals surface area contributed by atoms with Crippen LogP contribution >= 0.6 is 0 Å². The molecule has 2 aromatic carbocycles. The summed E-state index contributed by atoms with van der Waals surface area (Å²) in [6.07, 6.45) is 0. The highest BCUT2D eigenvalue weighted by Crippen LogP contribution is 2.14. The maximum absolute atomic E-state index is 4.39. The van der Waals surface area contributed by atoms with Crippen LogP contribution in [0.4, 0.5) is 5.69 Å². The summed E-state index contributed by atoms with van der Waals surface area (Å²) >= 11 is 0. The van der Waals surface area contributed by atoms with Crippen molar-refractivity contribution in [1.82, 2.24) is 9.91 Å². The summed E-state index contributed by atoms with van der Waals surface area (Å²) in [5.41, 5.74) is 4.90. The number of rotatable bonds is 5. The highest BCUT2D eigenvalue weighted by Gasteiger charge is 2.16. The average molecular weight is 319 g/mol. The molecule has 2 aromatic rings. The van der Waals surface area contributed by atoms with Gasteiger partial charge >= 0.3 is 0 Å². The molecule has 1 aliphatic rings. The van der Waals surface area contributed by atoms with Gasteiger partial charge in [0, 0.05) is 19.6 Å². The predicted molar refractivity (Wildman–Crippen MR) is 100 cm³/mol. The quantitative estimate of drug-likeness (QED) is 0.626. The molecule has 0 N–H and O–H groups in total. The molecule has 0 saturated carbocycles. The Morgan fingerprint density at radius 2 is 1.67 bits per heavy atom. The fourth-order valence-corrected chi connectivity index (χ4v) is 2.86. The SMILES string of the molecule is C[B]c1ccc(N=NN2CCN(Cc3ccccc3C)CC2)cc1. The van der Waals surface area contributed by atoms with Crippen molar-refractivity contribution in [2.45, 2.75) is 20.3 Å². The van der Waals surface area contributed by atoms with Crippen LogP contribution in [0.25, 0.3) is 0 Å². The minimum atomic E-state index is 0.905. The Balaban J connectivity index is 1.49. The summed E-state index contributed by atoms with van der Waals surface area (Å²) < 4.78 is 0. The lowest BCUT2D eigenvalue weighted by atomic mass is 9.73. The third-order valence-electron chi connectivity index (χ3n) is 4.52. The molecule has 1 heterocycles. The van der Waals surface area contributed by atoms with Crippen molar-refractivity contribution >= 4 is 18.4 Å². The third kappa shape index (κ3) is 4.45. The van der Waals surface area contributed by atoms with E-state index in [1.165, 1.54) is 16.6 Å². The summed E-state index contributed by atoms with van der Waals surface area (Å²) in [6.45, 7) is 9.14. The van der Waals surface area contributed by atoms with E-state index >= 15 is 0 Å². The van der Waals surface area contributed by atoms with Crippen LogP contribution in [0.2, 0.25) is 6.82 Å². The molecule has 0 amide bonds. The van der Waals surface area contributed by atoms with Crippen molar-refractivity contribution < 1.29 is 0 Å². The lowest BCUT2D eigenvalue weighted by molar-refractivity contribution is 0.124. The molecular formula is C19H24BN4. The molecule has 0 atom stereocenters. The zero-order chi connectivity index (χ0) is 16.8. The van der Waals surface area contributed by atoms with Crippen molar-refractivity contribution in [3.05, 3.63) is 59.7 Å². The molecule has 1 radical (unpaired) electrons. The second-order valence-electron chi connectivity index (χ2n) is 6.23. The molecule has 5 heteroatoms. The summed E-state index contributed by atoms with van der Waals surface area (Å²) in [7, 11) is 2.08. The Bertz CT molecular complexity index is 676. The van der Waals surface area contributed by atoms with Crippen LogP contribution < -0.4 is 5.46 Å². The van der Waals surface area contributed by atoms with E-state index in [9.17, 15) is 0 Å². The average Bonchev–Trinajstić information content (AvgIpc) is 2.63. The van der Waals surface area contributed by atoms with Gasteiger partial charge < -0.3 is 0 Å². The smallest absolute Gasteiger partial charge is 0.148 e. The fourth-order valence-electron chi connectivity index (χ4n) is 2.86. The molecule has 24 heavy (non-hydrogen) atoms. The van der Waals surface area contributed by atoms with Gasteiger partial charge in [0.25, 0.3) is 0 Å². The van der Waals surface area contributed by atoms with E-state index in [1.54, 1.807) is 0 Å². The second-order valence-corrected chi connectivity index (χ2v) is 6.23. The molecule has 0 bridgehead atoms. The van der Waals surface area contributed by atoms with Crippen molar-refractivity contribution in [2.75, 3.05) is 26.2 Å². The molecule has 0 aromatic heterocycles. The largest absolute Gasteiger partial charge is 0.295 e. The van der Waals surface area contributed by atoms with Crippen LogP contribution in [0, 0.1) is 6.92 Å². The topological polar surface area (TPSA) is 31.2 Å². The van der Waals surface area contributed by atoms with Crippen LogP contribution in [-0.2, 0) is 6.54 Å². The van der Waals surface area contributed by atoms with E-state index in [0.29, 0.717) is 0 Å².